The summed E-state index contributed by atoms with van der Waals surface area (Å²) in [7, 11) is 0. The molecule has 0 aliphatic heterocycles. The summed E-state index contributed by atoms with van der Waals surface area (Å²) in [5.74, 6) is 0. The van der Waals surface area contributed by atoms with Crippen molar-refractivity contribution in [1.29, 1.82) is 0 Å². The average molecular weight is 301 g/mol. The lowest BCUT2D eigenvalue weighted by atomic mass is 10.1. The van der Waals surface area contributed by atoms with Gasteiger partial charge in [-0.25, -0.2) is 0 Å². The Morgan fingerprint density at radius 2 is 2.29 bits per heavy atom. The number of thiophene rings is 1. The van der Waals surface area contributed by atoms with Crippen LogP contribution in [0.25, 0.3) is 10.6 Å². The monoisotopic (exact) mass is 301 g/mol. The van der Waals surface area contributed by atoms with E-state index >= 15 is 0 Å². The molecule has 0 unspecified atom stereocenters. The van der Waals surface area contributed by atoms with Crippen molar-refractivity contribution in [3.05, 3.63) is 47.7 Å². The van der Waals surface area contributed by atoms with Crippen LogP contribution in [0.5, 0.6) is 0 Å². The average Bonchev–Trinajstić information content (AvgIpc) is 3.25. The van der Waals surface area contributed by atoms with Gasteiger partial charge in [-0.2, -0.15) is 10.2 Å². The molecular weight excluding hydrogens is 282 g/mol. The standard InChI is InChI=1S/C15H19N5S/c1-11(12(2)20-7-4-6-18-20)16-9-13-10-17-19-15(13)14-5-3-8-21-14/h3-8,10-12,16H,9H2,1-2H3,(H,17,19)/t11-,12-/m1/s1. The van der Waals surface area contributed by atoms with Crippen LogP contribution in [0.2, 0.25) is 0 Å². The second-order valence-electron chi connectivity index (χ2n) is 5.14. The maximum atomic E-state index is 4.30. The number of nitrogens with zero attached hydrogens (tertiary/aromatic N) is 3. The van der Waals surface area contributed by atoms with E-state index in [1.165, 1.54) is 10.4 Å². The van der Waals surface area contributed by atoms with Crippen molar-refractivity contribution < 1.29 is 0 Å². The molecule has 0 aliphatic rings. The first-order valence-electron chi connectivity index (χ1n) is 7.04. The fourth-order valence-electron chi connectivity index (χ4n) is 2.27. The van der Waals surface area contributed by atoms with E-state index in [-0.39, 0.29) is 0 Å². The zero-order valence-electron chi connectivity index (χ0n) is 12.2. The third kappa shape index (κ3) is 3.06. The van der Waals surface area contributed by atoms with Gasteiger partial charge in [0.25, 0.3) is 0 Å². The summed E-state index contributed by atoms with van der Waals surface area (Å²) in [4.78, 5) is 1.22. The Kier molecular flexibility index (Phi) is 4.17. The molecule has 0 aliphatic carbocycles. The smallest absolute Gasteiger partial charge is 0.0794 e. The molecule has 2 N–H and O–H groups in total. The van der Waals surface area contributed by atoms with Gasteiger partial charge in [0, 0.05) is 30.5 Å². The van der Waals surface area contributed by atoms with E-state index in [4.69, 9.17) is 0 Å². The second-order valence-corrected chi connectivity index (χ2v) is 6.09. The molecular formula is C15H19N5S. The van der Waals surface area contributed by atoms with Crippen molar-refractivity contribution in [2.24, 2.45) is 0 Å². The van der Waals surface area contributed by atoms with Crippen LogP contribution >= 0.6 is 11.3 Å². The quantitative estimate of drug-likeness (QED) is 0.735. The predicted molar refractivity (Wildman–Crippen MR) is 85.1 cm³/mol. The van der Waals surface area contributed by atoms with E-state index in [1.54, 1.807) is 11.3 Å². The van der Waals surface area contributed by atoms with E-state index in [0.29, 0.717) is 12.1 Å². The molecule has 3 rings (SSSR count). The Morgan fingerprint density at radius 3 is 3.00 bits per heavy atom. The maximum absolute atomic E-state index is 4.30. The van der Waals surface area contributed by atoms with Gasteiger partial charge in [-0.15, -0.1) is 11.3 Å². The zero-order chi connectivity index (χ0) is 14.7. The number of nitrogens with one attached hydrogen (secondary N) is 2. The molecule has 3 heterocycles. The summed E-state index contributed by atoms with van der Waals surface area (Å²) in [6, 6.07) is 6.74. The Hall–Kier alpha value is -1.92. The lowest BCUT2D eigenvalue weighted by Gasteiger charge is -2.21. The van der Waals surface area contributed by atoms with E-state index in [0.717, 1.165) is 12.2 Å². The lowest BCUT2D eigenvalue weighted by Crippen LogP contribution is -2.33. The highest BCUT2D eigenvalue weighted by Crippen LogP contribution is 2.25. The molecule has 21 heavy (non-hydrogen) atoms. The van der Waals surface area contributed by atoms with Gasteiger partial charge < -0.3 is 5.32 Å². The molecule has 0 radical (unpaired) electrons. The van der Waals surface area contributed by atoms with Crippen molar-refractivity contribution >= 4 is 11.3 Å². The Morgan fingerprint density at radius 1 is 1.38 bits per heavy atom. The Balaban J connectivity index is 1.64. The van der Waals surface area contributed by atoms with Gasteiger partial charge in [0.2, 0.25) is 0 Å². The zero-order valence-corrected chi connectivity index (χ0v) is 13.0. The van der Waals surface area contributed by atoms with Crippen molar-refractivity contribution in [2.45, 2.75) is 32.5 Å². The Labute approximate surface area is 128 Å². The summed E-state index contributed by atoms with van der Waals surface area (Å²) in [6.07, 6.45) is 5.71. The number of hydrogen-bond acceptors (Lipinski definition) is 4. The van der Waals surface area contributed by atoms with Crippen molar-refractivity contribution in [3.8, 4) is 10.6 Å². The number of aromatic nitrogens is 4. The van der Waals surface area contributed by atoms with Crippen LogP contribution in [0.1, 0.15) is 25.5 Å². The SMILES string of the molecule is C[C@H]([C@@H](C)NCc1cn[nH]c1-c1cccs1)n1cccn1. The first-order chi connectivity index (χ1) is 10.3. The number of aromatic amines is 1. The third-order valence-corrected chi connectivity index (χ3v) is 4.65. The van der Waals surface area contributed by atoms with Gasteiger partial charge in [0.1, 0.15) is 0 Å². The molecule has 0 fully saturated rings. The van der Waals surface area contributed by atoms with E-state index in [1.807, 2.05) is 29.3 Å². The molecule has 0 spiro atoms. The second kappa shape index (κ2) is 6.24. The first-order valence-corrected chi connectivity index (χ1v) is 7.92. The summed E-state index contributed by atoms with van der Waals surface area (Å²) in [5.41, 5.74) is 2.30. The predicted octanol–water partition coefficient (Wildman–Crippen LogP) is 3.07. The maximum Gasteiger partial charge on any atom is 0.0794 e. The summed E-state index contributed by atoms with van der Waals surface area (Å²) in [6.45, 7) is 5.13. The molecule has 3 aromatic heterocycles. The molecule has 5 nitrogen and oxygen atoms in total. The van der Waals surface area contributed by atoms with Gasteiger partial charge >= 0.3 is 0 Å². The van der Waals surface area contributed by atoms with Gasteiger partial charge in [0.15, 0.2) is 0 Å². The molecule has 0 bridgehead atoms. The lowest BCUT2D eigenvalue weighted by molar-refractivity contribution is 0.365. The number of hydrogen-bond donors (Lipinski definition) is 2. The van der Waals surface area contributed by atoms with Crippen LogP contribution in [-0.4, -0.2) is 26.0 Å². The van der Waals surface area contributed by atoms with Crippen molar-refractivity contribution in [3.63, 3.8) is 0 Å². The molecule has 0 saturated carbocycles. The third-order valence-electron chi connectivity index (χ3n) is 3.77. The van der Waals surface area contributed by atoms with E-state index in [9.17, 15) is 0 Å². The minimum Gasteiger partial charge on any atom is -0.308 e. The minimum absolute atomic E-state index is 0.303. The highest BCUT2D eigenvalue weighted by molar-refractivity contribution is 7.13. The topological polar surface area (TPSA) is 58.5 Å². The van der Waals surface area contributed by atoms with Crippen LogP contribution < -0.4 is 5.32 Å². The van der Waals surface area contributed by atoms with Crippen LogP contribution in [0.3, 0.4) is 0 Å². The van der Waals surface area contributed by atoms with Gasteiger partial charge in [-0.05, 0) is 31.4 Å². The van der Waals surface area contributed by atoms with E-state index in [2.05, 4.69) is 52.0 Å². The first kappa shape index (κ1) is 14.0. The van der Waals surface area contributed by atoms with Crippen LogP contribution in [0.4, 0.5) is 0 Å². The Bertz CT molecular complexity index is 656. The normalized spacial score (nSPS) is 14.2. The fourth-order valence-corrected chi connectivity index (χ4v) is 3.03. The van der Waals surface area contributed by atoms with Crippen molar-refractivity contribution in [2.75, 3.05) is 0 Å². The number of rotatable bonds is 6. The van der Waals surface area contributed by atoms with Gasteiger partial charge in [-0.1, -0.05) is 6.07 Å². The summed E-state index contributed by atoms with van der Waals surface area (Å²) >= 11 is 1.72. The van der Waals surface area contributed by atoms with Crippen LogP contribution in [0, 0.1) is 0 Å². The van der Waals surface area contributed by atoms with Crippen LogP contribution in [-0.2, 0) is 6.54 Å². The van der Waals surface area contributed by atoms with E-state index < -0.39 is 0 Å². The molecule has 2 atom stereocenters. The summed E-state index contributed by atoms with van der Waals surface area (Å²) in [5, 5.41) is 17.2. The molecule has 0 saturated heterocycles. The molecule has 0 amide bonds. The van der Waals surface area contributed by atoms with Crippen molar-refractivity contribution in [1.82, 2.24) is 25.3 Å². The molecule has 0 aromatic carbocycles. The minimum atomic E-state index is 0.303. The van der Waals surface area contributed by atoms with Crippen LogP contribution in [0.15, 0.2) is 42.2 Å². The number of H-pyrrole nitrogens is 1. The molecule has 110 valence electrons. The fraction of sp³-hybridized carbons (Fsp3) is 0.333. The highest BCUT2D eigenvalue weighted by atomic mass is 32.1. The highest BCUT2D eigenvalue weighted by Gasteiger charge is 2.15. The molecule has 3 aromatic rings. The summed E-state index contributed by atoms with van der Waals surface area (Å²) < 4.78 is 1.98. The van der Waals surface area contributed by atoms with Gasteiger partial charge in [-0.3, -0.25) is 9.78 Å². The molecule has 6 heteroatoms. The van der Waals surface area contributed by atoms with Gasteiger partial charge in [0.05, 0.1) is 22.8 Å². The largest absolute Gasteiger partial charge is 0.308 e.